The number of anilines is 1. The molecule has 4 rings (SSSR count). The molecule has 0 aliphatic carbocycles. The van der Waals surface area contributed by atoms with Crippen molar-refractivity contribution in [1.82, 2.24) is 9.62 Å². The van der Waals surface area contributed by atoms with Crippen molar-refractivity contribution in [2.75, 3.05) is 18.4 Å². The number of piperidine rings is 1. The van der Waals surface area contributed by atoms with Crippen molar-refractivity contribution < 1.29 is 31.1 Å². The number of thiocarbonyl (C=S) groups is 1. The van der Waals surface area contributed by atoms with E-state index >= 15 is 0 Å². The highest BCUT2D eigenvalue weighted by atomic mass is 32.2. The first-order valence-electron chi connectivity index (χ1n) is 12.8. The number of aromatic carboxylic acids is 1. The normalized spacial score (nSPS) is 14.7. The highest BCUT2D eigenvalue weighted by Crippen LogP contribution is 2.30. The number of hydrogen-bond donors (Lipinski definition) is 3. The molecule has 13 heteroatoms. The van der Waals surface area contributed by atoms with Crippen molar-refractivity contribution in [3.63, 3.8) is 0 Å². The summed E-state index contributed by atoms with van der Waals surface area (Å²) in [6.45, 7) is 4.55. The Morgan fingerprint density at radius 1 is 0.976 bits per heavy atom. The van der Waals surface area contributed by atoms with Gasteiger partial charge in [0.05, 0.1) is 20.2 Å². The lowest BCUT2D eigenvalue weighted by atomic mass is 10.0. The predicted molar refractivity (Wildman–Crippen MR) is 157 cm³/mol. The first kappa shape index (κ1) is 30.6. The van der Waals surface area contributed by atoms with Gasteiger partial charge in [0.2, 0.25) is 19.9 Å². The number of nitrogens with zero attached hydrogens (tertiary/aromatic N) is 1. The van der Waals surface area contributed by atoms with Crippen LogP contribution in [-0.4, -0.2) is 57.1 Å². The van der Waals surface area contributed by atoms with E-state index in [1.165, 1.54) is 24.3 Å². The van der Waals surface area contributed by atoms with Gasteiger partial charge in [0.25, 0.3) is 0 Å². The number of benzene rings is 3. The minimum atomic E-state index is -4.10. The Labute approximate surface area is 244 Å². The Balaban J connectivity index is 1.48. The number of sulfonamides is 1. The molecule has 0 spiro atoms. The molecular weight excluding hydrogens is 590 g/mol. The lowest BCUT2D eigenvalue weighted by Crippen LogP contribution is -2.47. The number of halogens is 1. The van der Waals surface area contributed by atoms with Gasteiger partial charge in [-0.2, -0.15) is 0 Å². The van der Waals surface area contributed by atoms with Gasteiger partial charge in [-0.25, -0.2) is 30.7 Å². The number of sulfone groups is 1. The second-order valence-electron chi connectivity index (χ2n) is 10.0. The average Bonchev–Trinajstić information content (AvgIpc) is 2.93. The molecule has 1 aliphatic rings. The lowest BCUT2D eigenvalue weighted by Gasteiger charge is -2.34. The van der Waals surface area contributed by atoms with E-state index in [-0.39, 0.29) is 26.2 Å². The Kier molecular flexibility index (Phi) is 9.12. The summed E-state index contributed by atoms with van der Waals surface area (Å²) in [7, 11) is -8.19. The third kappa shape index (κ3) is 7.10. The molecule has 1 aliphatic heterocycles. The zero-order valence-electron chi connectivity index (χ0n) is 22.4. The van der Waals surface area contributed by atoms with Gasteiger partial charge < -0.3 is 15.3 Å². The monoisotopic (exact) mass is 619 g/mol. The molecule has 41 heavy (non-hydrogen) atoms. The van der Waals surface area contributed by atoms with Gasteiger partial charge in [0.15, 0.2) is 5.11 Å². The lowest BCUT2D eigenvalue weighted by molar-refractivity contribution is 0.0697. The Hall–Kier alpha value is -3.39. The highest BCUT2D eigenvalue weighted by Gasteiger charge is 2.29. The molecule has 0 aromatic heterocycles. The summed E-state index contributed by atoms with van der Waals surface area (Å²) in [6.07, 6.45) is 0.890. The van der Waals surface area contributed by atoms with E-state index in [1.54, 1.807) is 12.1 Å². The summed E-state index contributed by atoms with van der Waals surface area (Å²) < 4.78 is 69.6. The predicted octanol–water partition coefficient (Wildman–Crippen LogP) is 4.62. The van der Waals surface area contributed by atoms with Crippen LogP contribution >= 0.6 is 12.2 Å². The van der Waals surface area contributed by atoms with Crippen LogP contribution < -0.4 is 10.0 Å². The molecule has 1 fully saturated rings. The summed E-state index contributed by atoms with van der Waals surface area (Å²) in [5.74, 6) is -1.83. The molecule has 0 bridgehead atoms. The van der Waals surface area contributed by atoms with Gasteiger partial charge in [-0.15, -0.1) is 0 Å². The molecule has 3 aromatic carbocycles. The van der Waals surface area contributed by atoms with Gasteiger partial charge in [-0.1, -0.05) is 26.0 Å². The van der Waals surface area contributed by atoms with Gasteiger partial charge in [0.1, 0.15) is 5.82 Å². The van der Waals surface area contributed by atoms with Crippen LogP contribution in [0.2, 0.25) is 0 Å². The van der Waals surface area contributed by atoms with Crippen LogP contribution in [0, 0.1) is 5.82 Å². The van der Waals surface area contributed by atoms with Crippen LogP contribution in [0.1, 0.15) is 48.5 Å². The van der Waals surface area contributed by atoms with Crippen molar-refractivity contribution in [1.29, 1.82) is 0 Å². The molecule has 1 heterocycles. The van der Waals surface area contributed by atoms with E-state index in [4.69, 9.17) is 12.2 Å². The van der Waals surface area contributed by atoms with Crippen LogP contribution in [-0.2, 0) is 19.9 Å². The standard InChI is InChI=1S/C28H30FN3O6S3/c1-18(2)25-11-10-24(40(35,36)23-8-6-20(29)7-9-23)17-26(25)41(37,38)31-21-12-14-32(15-13-21)28(39)30-22-5-3-4-19(16-22)27(33)34/h3-11,16-18,21,31H,12-15H2,1-2H3,(H,30,39)(H,33,34). The number of carboxylic acid groups (broad SMARTS) is 1. The molecule has 1 saturated heterocycles. The maximum absolute atomic E-state index is 13.6. The van der Waals surface area contributed by atoms with Gasteiger partial charge in [-0.3, -0.25) is 0 Å². The number of likely N-dealkylation sites (tertiary alicyclic amines) is 1. The fourth-order valence-corrected chi connectivity index (χ4v) is 7.92. The summed E-state index contributed by atoms with van der Waals surface area (Å²) in [6, 6.07) is 14.3. The van der Waals surface area contributed by atoms with Crippen molar-refractivity contribution >= 4 is 48.8 Å². The first-order chi connectivity index (χ1) is 19.3. The van der Waals surface area contributed by atoms with E-state index in [9.17, 15) is 31.1 Å². The third-order valence-electron chi connectivity index (χ3n) is 6.80. The quantitative estimate of drug-likeness (QED) is 0.244. The van der Waals surface area contributed by atoms with Crippen LogP contribution in [0.5, 0.6) is 0 Å². The molecule has 0 atom stereocenters. The fraction of sp³-hybridized carbons (Fsp3) is 0.286. The summed E-state index contributed by atoms with van der Waals surface area (Å²) in [5.41, 5.74) is 1.14. The molecule has 0 unspecified atom stereocenters. The zero-order chi connectivity index (χ0) is 29.9. The molecule has 9 nitrogen and oxygen atoms in total. The van der Waals surface area contributed by atoms with Crippen molar-refractivity contribution in [2.24, 2.45) is 0 Å². The molecule has 0 radical (unpaired) electrons. The summed E-state index contributed by atoms with van der Waals surface area (Å²) >= 11 is 5.48. The molecule has 218 valence electrons. The number of hydrogen-bond acceptors (Lipinski definition) is 6. The minimum Gasteiger partial charge on any atom is -0.478 e. The van der Waals surface area contributed by atoms with Gasteiger partial charge >= 0.3 is 5.97 Å². The van der Waals surface area contributed by atoms with Gasteiger partial charge in [-0.05, 0) is 91.1 Å². The fourth-order valence-electron chi connectivity index (χ4n) is 4.56. The number of carbonyl (C=O) groups is 1. The topological polar surface area (TPSA) is 133 Å². The number of rotatable bonds is 8. The molecule has 3 aromatic rings. The maximum atomic E-state index is 13.6. The Morgan fingerprint density at radius 3 is 2.22 bits per heavy atom. The van der Waals surface area contributed by atoms with E-state index in [0.717, 1.165) is 30.3 Å². The Bertz CT molecular complexity index is 1670. The maximum Gasteiger partial charge on any atom is 0.335 e. The molecule has 0 amide bonds. The third-order valence-corrected chi connectivity index (χ3v) is 10.5. The first-order valence-corrected chi connectivity index (χ1v) is 16.2. The van der Waals surface area contributed by atoms with Crippen molar-refractivity contribution in [3.8, 4) is 0 Å². The largest absolute Gasteiger partial charge is 0.478 e. The van der Waals surface area contributed by atoms with E-state index in [0.29, 0.717) is 42.3 Å². The SMILES string of the molecule is CC(C)c1ccc(S(=O)(=O)c2ccc(F)cc2)cc1S(=O)(=O)NC1CCN(C(=S)Nc2cccc(C(=O)O)c2)CC1. The van der Waals surface area contributed by atoms with E-state index in [1.807, 2.05) is 18.7 Å². The smallest absolute Gasteiger partial charge is 0.335 e. The van der Waals surface area contributed by atoms with Crippen molar-refractivity contribution in [3.05, 3.63) is 83.7 Å². The van der Waals surface area contributed by atoms with Crippen LogP contribution in [0.15, 0.2) is 81.4 Å². The van der Waals surface area contributed by atoms with Crippen molar-refractivity contribution in [2.45, 2.75) is 53.3 Å². The van der Waals surface area contributed by atoms with E-state index < -0.39 is 37.7 Å². The molecule has 3 N–H and O–H groups in total. The average molecular weight is 620 g/mol. The highest BCUT2D eigenvalue weighted by molar-refractivity contribution is 7.91. The van der Waals surface area contributed by atoms with Gasteiger partial charge in [0, 0.05) is 24.8 Å². The number of carboxylic acids is 1. The van der Waals surface area contributed by atoms with E-state index in [2.05, 4.69) is 10.0 Å². The number of nitrogens with one attached hydrogen (secondary N) is 2. The van der Waals surface area contributed by atoms with Crippen LogP contribution in [0.3, 0.4) is 0 Å². The second kappa shape index (κ2) is 12.2. The second-order valence-corrected chi connectivity index (χ2v) is 14.0. The summed E-state index contributed by atoms with van der Waals surface area (Å²) in [5, 5.41) is 12.6. The summed E-state index contributed by atoms with van der Waals surface area (Å²) in [4.78, 5) is 12.6. The van der Waals surface area contributed by atoms with Crippen LogP contribution in [0.25, 0.3) is 0 Å². The van der Waals surface area contributed by atoms with Crippen LogP contribution in [0.4, 0.5) is 10.1 Å². The Morgan fingerprint density at radius 2 is 1.61 bits per heavy atom. The minimum absolute atomic E-state index is 0.117. The zero-order valence-corrected chi connectivity index (χ0v) is 24.8. The molecule has 0 saturated carbocycles. The molecular formula is C28H30FN3O6S3.